The minimum Gasteiger partial charge on any atom is -0.349 e. The second-order valence-electron chi connectivity index (χ2n) is 7.40. The summed E-state index contributed by atoms with van der Waals surface area (Å²) in [5.74, 6) is -0.174. The second-order valence-corrected chi connectivity index (χ2v) is 9.34. The van der Waals surface area contributed by atoms with Crippen molar-refractivity contribution in [2.75, 3.05) is 33.2 Å². The zero-order valence-corrected chi connectivity index (χ0v) is 16.3. The summed E-state index contributed by atoms with van der Waals surface area (Å²) in [6, 6.07) is 6.64. The molecule has 1 aliphatic carbocycles. The number of likely N-dealkylation sites (N-methyl/N-ethyl adjacent to an activating group) is 1. The number of nitrogens with one attached hydrogen (secondary N) is 1. The third-order valence-electron chi connectivity index (χ3n) is 5.39. The molecule has 26 heavy (non-hydrogen) atoms. The Balaban J connectivity index is 1.71. The van der Waals surface area contributed by atoms with E-state index in [2.05, 4.69) is 10.2 Å². The molecule has 1 aromatic rings. The van der Waals surface area contributed by atoms with Crippen LogP contribution < -0.4 is 5.32 Å². The van der Waals surface area contributed by atoms with Gasteiger partial charge in [-0.3, -0.25) is 4.79 Å². The van der Waals surface area contributed by atoms with E-state index < -0.39 is 10.0 Å². The van der Waals surface area contributed by atoms with Gasteiger partial charge in [0, 0.05) is 37.8 Å². The van der Waals surface area contributed by atoms with Gasteiger partial charge >= 0.3 is 0 Å². The van der Waals surface area contributed by atoms with Gasteiger partial charge in [-0.25, -0.2) is 8.42 Å². The molecule has 0 atom stereocenters. The highest BCUT2D eigenvalue weighted by Crippen LogP contribution is 2.20. The Morgan fingerprint density at radius 1 is 1.04 bits per heavy atom. The fourth-order valence-electron chi connectivity index (χ4n) is 3.67. The van der Waals surface area contributed by atoms with Gasteiger partial charge in [0.2, 0.25) is 10.0 Å². The number of rotatable bonds is 4. The maximum atomic E-state index is 12.9. The van der Waals surface area contributed by atoms with Crippen LogP contribution in [0.5, 0.6) is 0 Å². The lowest BCUT2D eigenvalue weighted by molar-refractivity contribution is 0.0933. The Morgan fingerprint density at radius 2 is 1.69 bits per heavy atom. The first-order valence-electron chi connectivity index (χ1n) is 9.56. The molecule has 1 heterocycles. The lowest BCUT2D eigenvalue weighted by atomic mass is 10.1. The normalized spacial score (nSPS) is 21.3. The Kier molecular flexibility index (Phi) is 6.32. The van der Waals surface area contributed by atoms with Crippen molar-refractivity contribution in [3.8, 4) is 0 Å². The number of carbonyl (C=O) groups excluding carboxylic acids is 1. The lowest BCUT2D eigenvalue weighted by Crippen LogP contribution is -2.47. The maximum Gasteiger partial charge on any atom is 0.251 e. The number of piperazine rings is 1. The molecule has 0 spiro atoms. The van der Waals surface area contributed by atoms with E-state index in [0.29, 0.717) is 18.7 Å². The quantitative estimate of drug-likeness (QED) is 0.813. The number of benzene rings is 1. The molecule has 0 radical (unpaired) electrons. The largest absolute Gasteiger partial charge is 0.349 e. The topological polar surface area (TPSA) is 69.7 Å². The van der Waals surface area contributed by atoms with Crippen LogP contribution >= 0.6 is 0 Å². The molecule has 144 valence electrons. The number of amides is 1. The van der Waals surface area contributed by atoms with Crippen molar-refractivity contribution in [3.05, 3.63) is 29.8 Å². The Morgan fingerprint density at radius 3 is 2.35 bits per heavy atom. The first-order chi connectivity index (χ1) is 12.5. The highest BCUT2D eigenvalue weighted by Gasteiger charge is 2.28. The molecular weight excluding hydrogens is 350 g/mol. The predicted molar refractivity (Wildman–Crippen MR) is 102 cm³/mol. The summed E-state index contributed by atoms with van der Waals surface area (Å²) in [5.41, 5.74) is 0.421. The first kappa shape index (κ1) is 19.3. The van der Waals surface area contributed by atoms with Crippen molar-refractivity contribution in [2.24, 2.45) is 0 Å². The average molecular weight is 380 g/mol. The van der Waals surface area contributed by atoms with Crippen molar-refractivity contribution in [2.45, 2.75) is 49.5 Å². The summed E-state index contributed by atoms with van der Waals surface area (Å²) >= 11 is 0. The van der Waals surface area contributed by atoms with Crippen molar-refractivity contribution in [1.82, 2.24) is 14.5 Å². The molecule has 2 fully saturated rings. The average Bonchev–Trinajstić information content (AvgIpc) is 2.91. The molecule has 0 aromatic heterocycles. The van der Waals surface area contributed by atoms with E-state index in [1.165, 1.54) is 23.2 Å². The van der Waals surface area contributed by atoms with E-state index in [1.54, 1.807) is 18.2 Å². The molecule has 1 amide bonds. The number of hydrogen-bond donors (Lipinski definition) is 1. The van der Waals surface area contributed by atoms with E-state index in [0.717, 1.165) is 38.8 Å². The van der Waals surface area contributed by atoms with Gasteiger partial charge in [0.05, 0.1) is 4.90 Å². The SMILES string of the molecule is CN1CCN(S(=O)(=O)c2cccc(C(=O)NC3CCCCCC3)c2)CC1. The van der Waals surface area contributed by atoms with Crippen LogP contribution in [0.15, 0.2) is 29.2 Å². The Bertz CT molecular complexity index is 719. The van der Waals surface area contributed by atoms with Gasteiger partial charge in [0.15, 0.2) is 0 Å². The molecule has 3 rings (SSSR count). The van der Waals surface area contributed by atoms with Gasteiger partial charge in [0.25, 0.3) is 5.91 Å². The Labute approximate surface area is 156 Å². The van der Waals surface area contributed by atoms with Crippen molar-refractivity contribution < 1.29 is 13.2 Å². The van der Waals surface area contributed by atoms with Gasteiger partial charge in [0.1, 0.15) is 0 Å². The number of sulfonamides is 1. The fourth-order valence-corrected chi connectivity index (χ4v) is 5.14. The molecule has 6 nitrogen and oxygen atoms in total. The van der Waals surface area contributed by atoms with Crippen molar-refractivity contribution >= 4 is 15.9 Å². The molecule has 2 aliphatic rings. The van der Waals surface area contributed by atoms with Gasteiger partial charge < -0.3 is 10.2 Å². The molecule has 0 bridgehead atoms. The summed E-state index contributed by atoms with van der Waals surface area (Å²) < 4.78 is 27.3. The lowest BCUT2D eigenvalue weighted by Gasteiger charge is -2.31. The van der Waals surface area contributed by atoms with Crippen molar-refractivity contribution in [3.63, 3.8) is 0 Å². The van der Waals surface area contributed by atoms with E-state index in [-0.39, 0.29) is 16.8 Å². The van der Waals surface area contributed by atoms with E-state index >= 15 is 0 Å². The zero-order valence-electron chi connectivity index (χ0n) is 15.5. The predicted octanol–water partition coefficient (Wildman–Crippen LogP) is 2.08. The summed E-state index contributed by atoms with van der Waals surface area (Å²) in [5, 5.41) is 3.09. The monoisotopic (exact) mass is 379 g/mol. The molecule has 1 aromatic carbocycles. The number of carbonyl (C=O) groups is 1. The highest BCUT2D eigenvalue weighted by atomic mass is 32.2. The van der Waals surface area contributed by atoms with Crippen LogP contribution in [0.3, 0.4) is 0 Å². The third kappa shape index (κ3) is 4.64. The molecule has 1 saturated heterocycles. The minimum atomic E-state index is -3.55. The fraction of sp³-hybridized carbons (Fsp3) is 0.632. The number of nitrogens with zero attached hydrogens (tertiary/aromatic N) is 2. The number of hydrogen-bond acceptors (Lipinski definition) is 4. The third-order valence-corrected chi connectivity index (χ3v) is 7.28. The van der Waals surface area contributed by atoms with Crippen molar-refractivity contribution in [1.29, 1.82) is 0 Å². The van der Waals surface area contributed by atoms with Crippen LogP contribution in [-0.2, 0) is 10.0 Å². The van der Waals surface area contributed by atoms with Crippen LogP contribution in [0.1, 0.15) is 48.9 Å². The minimum absolute atomic E-state index is 0.174. The molecule has 1 aliphatic heterocycles. The van der Waals surface area contributed by atoms with E-state index in [1.807, 2.05) is 7.05 Å². The van der Waals surface area contributed by atoms with E-state index in [4.69, 9.17) is 0 Å². The molecule has 7 heteroatoms. The molecular formula is C19H29N3O3S. The van der Waals surface area contributed by atoms with E-state index in [9.17, 15) is 13.2 Å². The molecule has 1 saturated carbocycles. The van der Waals surface area contributed by atoms with Crippen LogP contribution in [0.25, 0.3) is 0 Å². The van der Waals surface area contributed by atoms with Gasteiger partial charge in [-0.15, -0.1) is 0 Å². The molecule has 0 unspecified atom stereocenters. The standard InChI is InChI=1S/C19H29N3O3S/c1-21-11-13-22(14-12-21)26(24,25)18-10-6-7-16(15-18)19(23)20-17-8-4-2-3-5-9-17/h6-7,10,15,17H,2-5,8-9,11-14H2,1H3,(H,20,23). The van der Waals surface area contributed by atoms with Crippen LogP contribution in [0, 0.1) is 0 Å². The smallest absolute Gasteiger partial charge is 0.251 e. The van der Waals surface area contributed by atoms with Gasteiger partial charge in [-0.05, 0) is 38.1 Å². The first-order valence-corrected chi connectivity index (χ1v) is 11.0. The van der Waals surface area contributed by atoms with Gasteiger partial charge in [-0.1, -0.05) is 31.7 Å². The highest BCUT2D eigenvalue weighted by molar-refractivity contribution is 7.89. The molecule has 1 N–H and O–H groups in total. The summed E-state index contributed by atoms with van der Waals surface area (Å²) in [4.78, 5) is 14.9. The maximum absolute atomic E-state index is 12.9. The summed E-state index contributed by atoms with van der Waals surface area (Å²) in [6.07, 6.45) is 6.75. The summed E-state index contributed by atoms with van der Waals surface area (Å²) in [6.45, 7) is 2.41. The summed E-state index contributed by atoms with van der Waals surface area (Å²) in [7, 11) is -1.57. The van der Waals surface area contributed by atoms with Crippen LogP contribution in [0.2, 0.25) is 0 Å². The zero-order chi connectivity index (χ0) is 18.6. The van der Waals surface area contributed by atoms with Crippen LogP contribution in [0.4, 0.5) is 0 Å². The van der Waals surface area contributed by atoms with Crippen LogP contribution in [-0.4, -0.2) is 62.8 Å². The second kappa shape index (κ2) is 8.50. The Hall–Kier alpha value is -1.44. The van der Waals surface area contributed by atoms with Gasteiger partial charge in [-0.2, -0.15) is 4.31 Å².